The van der Waals surface area contributed by atoms with Gasteiger partial charge in [-0.15, -0.1) is 0 Å². The van der Waals surface area contributed by atoms with Crippen LogP contribution in [0, 0.1) is 0 Å². The maximum Gasteiger partial charge on any atom is 0.166 e. The Balaban J connectivity index is 1.10. The molecule has 0 bridgehead atoms. The summed E-state index contributed by atoms with van der Waals surface area (Å²) >= 11 is 0. The molecule has 0 aliphatic rings. The Hall–Kier alpha value is -8.81. The molecule has 0 saturated carbocycles. The zero-order chi connectivity index (χ0) is 41.9. The van der Waals surface area contributed by atoms with Crippen molar-refractivity contribution in [1.29, 1.82) is 0 Å². The van der Waals surface area contributed by atoms with Crippen LogP contribution in [-0.2, 0) is 0 Å². The minimum absolute atomic E-state index is 0.556. The van der Waals surface area contributed by atoms with E-state index in [1.165, 1.54) is 0 Å². The van der Waals surface area contributed by atoms with Crippen molar-refractivity contribution in [2.75, 3.05) is 0 Å². The molecular weight excluding hydrogens is 787 g/mol. The first-order valence-electron chi connectivity index (χ1n) is 21.4. The van der Waals surface area contributed by atoms with Crippen LogP contribution in [-0.4, -0.2) is 24.1 Å². The molecule has 64 heavy (non-hydrogen) atoms. The van der Waals surface area contributed by atoms with Gasteiger partial charge in [0.2, 0.25) is 0 Å². The highest BCUT2D eigenvalue weighted by Gasteiger charge is 2.23. The summed E-state index contributed by atoms with van der Waals surface area (Å²) in [5.74, 6) is 1.74. The van der Waals surface area contributed by atoms with Crippen molar-refractivity contribution in [2.24, 2.45) is 0 Å². The van der Waals surface area contributed by atoms with Crippen LogP contribution in [0.4, 0.5) is 0 Å². The van der Waals surface area contributed by atoms with E-state index in [2.05, 4.69) is 124 Å². The number of benzene rings is 9. The molecule has 7 nitrogen and oxygen atoms in total. The Morgan fingerprint density at radius 1 is 0.297 bits per heavy atom. The molecule has 0 unspecified atom stereocenters. The van der Waals surface area contributed by atoms with Crippen molar-refractivity contribution < 1.29 is 8.83 Å². The van der Waals surface area contributed by atoms with Crippen LogP contribution in [0.3, 0.4) is 0 Å². The molecule has 0 saturated heterocycles. The average Bonchev–Trinajstić information content (AvgIpc) is 4.10. The topological polar surface area (TPSA) is 74.8 Å². The number of para-hydroxylation sites is 4. The van der Waals surface area contributed by atoms with E-state index in [0.717, 1.165) is 116 Å². The molecule has 5 heterocycles. The monoisotopic (exact) mass is 819 g/mol. The summed E-state index contributed by atoms with van der Waals surface area (Å²) in [6.45, 7) is 0. The van der Waals surface area contributed by atoms with E-state index in [9.17, 15) is 0 Å². The first kappa shape index (κ1) is 34.9. The van der Waals surface area contributed by atoms with Gasteiger partial charge in [-0.3, -0.25) is 0 Å². The number of hydrogen-bond acceptors (Lipinski definition) is 5. The number of fused-ring (bicyclic) bond motifs is 12. The largest absolute Gasteiger partial charge is 0.456 e. The lowest BCUT2D eigenvalue weighted by atomic mass is 10.1. The van der Waals surface area contributed by atoms with Crippen LogP contribution in [0.5, 0.6) is 0 Å². The van der Waals surface area contributed by atoms with Crippen LogP contribution >= 0.6 is 0 Å². The van der Waals surface area contributed by atoms with Gasteiger partial charge in [0.1, 0.15) is 22.3 Å². The smallest absolute Gasteiger partial charge is 0.166 e. The van der Waals surface area contributed by atoms with Crippen molar-refractivity contribution in [3.05, 3.63) is 200 Å². The Labute approximate surface area is 364 Å². The maximum absolute atomic E-state index is 6.53. The van der Waals surface area contributed by atoms with Crippen LogP contribution in [0.25, 0.3) is 133 Å². The van der Waals surface area contributed by atoms with Crippen molar-refractivity contribution >= 4 is 87.5 Å². The average molecular weight is 820 g/mol. The van der Waals surface area contributed by atoms with Gasteiger partial charge in [-0.25, -0.2) is 15.0 Å². The molecule has 0 radical (unpaired) electrons. The van der Waals surface area contributed by atoms with Crippen LogP contribution < -0.4 is 0 Å². The second kappa shape index (κ2) is 13.3. The highest BCUT2D eigenvalue weighted by Crippen LogP contribution is 2.43. The lowest BCUT2D eigenvalue weighted by Crippen LogP contribution is -2.05. The molecular formula is C57H33N5O2. The molecule has 0 fully saturated rings. The number of nitrogens with zero attached hydrogens (tertiary/aromatic N) is 5. The highest BCUT2D eigenvalue weighted by molar-refractivity contribution is 6.19. The normalized spacial score (nSPS) is 12.1. The number of aromatic nitrogens is 5. The molecule has 0 amide bonds. The minimum Gasteiger partial charge on any atom is -0.456 e. The minimum atomic E-state index is 0.556. The van der Waals surface area contributed by atoms with Gasteiger partial charge in [0, 0.05) is 77.6 Å². The molecule has 7 heteroatoms. The summed E-state index contributed by atoms with van der Waals surface area (Å²) in [5.41, 5.74) is 12.2. The number of rotatable bonds is 5. The van der Waals surface area contributed by atoms with Gasteiger partial charge in [0.15, 0.2) is 17.5 Å². The van der Waals surface area contributed by atoms with Gasteiger partial charge < -0.3 is 18.0 Å². The van der Waals surface area contributed by atoms with Crippen molar-refractivity contribution in [3.8, 4) is 45.5 Å². The van der Waals surface area contributed by atoms with Crippen LogP contribution in [0.15, 0.2) is 209 Å². The van der Waals surface area contributed by atoms with E-state index < -0.39 is 0 Å². The van der Waals surface area contributed by atoms with E-state index in [0.29, 0.717) is 17.5 Å². The standard InChI is InChI=1S/C57H33N5O2/c1-3-15-34(16-4-1)55-58-56(35-17-5-2-6-18-35)60-57(59-55)45-29-36(61-46-23-11-7-19-37(46)41-30-43-39-21-9-13-25-51(39)63-53(43)32-49(41)61)27-28-48(45)62-47-24-12-8-20-38(47)42-31-44-40-22-10-14-26-52(40)64-54(44)33-50(42)62/h1-33H. The fourth-order valence-corrected chi connectivity index (χ4v) is 9.88. The van der Waals surface area contributed by atoms with Gasteiger partial charge >= 0.3 is 0 Å². The van der Waals surface area contributed by atoms with E-state index in [1.807, 2.05) is 84.9 Å². The molecule has 0 N–H and O–H groups in total. The predicted molar refractivity (Wildman–Crippen MR) is 259 cm³/mol. The van der Waals surface area contributed by atoms with E-state index in [-0.39, 0.29) is 0 Å². The third-order valence-corrected chi connectivity index (χ3v) is 12.8. The molecule has 14 rings (SSSR count). The van der Waals surface area contributed by atoms with Gasteiger partial charge in [0.05, 0.1) is 27.8 Å². The van der Waals surface area contributed by atoms with Crippen LogP contribution in [0.2, 0.25) is 0 Å². The van der Waals surface area contributed by atoms with E-state index >= 15 is 0 Å². The highest BCUT2D eigenvalue weighted by atomic mass is 16.3. The lowest BCUT2D eigenvalue weighted by molar-refractivity contribution is 0.669. The summed E-state index contributed by atoms with van der Waals surface area (Å²) in [6.07, 6.45) is 0. The third kappa shape index (κ3) is 5.12. The van der Waals surface area contributed by atoms with Crippen LogP contribution in [0.1, 0.15) is 0 Å². The lowest BCUT2D eigenvalue weighted by Gasteiger charge is -2.17. The molecule has 9 aromatic carbocycles. The van der Waals surface area contributed by atoms with Gasteiger partial charge in [-0.1, -0.05) is 133 Å². The summed E-state index contributed by atoms with van der Waals surface area (Å²) in [4.78, 5) is 15.8. The van der Waals surface area contributed by atoms with Crippen molar-refractivity contribution in [2.45, 2.75) is 0 Å². The molecule has 14 aromatic rings. The molecule has 5 aromatic heterocycles. The first-order chi connectivity index (χ1) is 31.7. The van der Waals surface area contributed by atoms with Gasteiger partial charge in [-0.2, -0.15) is 0 Å². The third-order valence-electron chi connectivity index (χ3n) is 12.8. The van der Waals surface area contributed by atoms with E-state index in [1.54, 1.807) is 0 Å². The molecule has 0 spiro atoms. The number of hydrogen-bond donors (Lipinski definition) is 0. The fourth-order valence-electron chi connectivity index (χ4n) is 9.88. The zero-order valence-electron chi connectivity index (χ0n) is 34.1. The molecule has 0 atom stereocenters. The van der Waals surface area contributed by atoms with Gasteiger partial charge in [0.25, 0.3) is 0 Å². The second-order valence-corrected chi connectivity index (χ2v) is 16.4. The first-order valence-corrected chi connectivity index (χ1v) is 21.4. The van der Waals surface area contributed by atoms with E-state index in [4.69, 9.17) is 23.8 Å². The zero-order valence-corrected chi connectivity index (χ0v) is 34.1. The Morgan fingerprint density at radius 2 is 0.750 bits per heavy atom. The summed E-state index contributed by atoms with van der Waals surface area (Å²) in [7, 11) is 0. The Morgan fingerprint density at radius 3 is 1.31 bits per heavy atom. The molecule has 298 valence electrons. The SMILES string of the molecule is c1ccc(-c2nc(-c3ccccc3)nc(-c3cc(-n4c5ccccc5c5cc6c(cc54)oc4ccccc46)ccc3-n3c4ccccc4c4cc5c(cc43)oc3ccccc35)n2)cc1. The predicted octanol–water partition coefficient (Wildman–Crippen LogP) is 14.9. The maximum atomic E-state index is 6.53. The fraction of sp³-hybridized carbons (Fsp3) is 0. The summed E-state index contributed by atoms with van der Waals surface area (Å²) in [5, 5.41) is 8.96. The van der Waals surface area contributed by atoms with Crippen molar-refractivity contribution in [3.63, 3.8) is 0 Å². The molecule has 0 aliphatic carbocycles. The molecule has 0 aliphatic heterocycles. The summed E-state index contributed by atoms with van der Waals surface area (Å²) < 4.78 is 17.7. The quantitative estimate of drug-likeness (QED) is 0.173. The Bertz CT molecular complexity index is 4140. The number of furan rings is 2. The van der Waals surface area contributed by atoms with Crippen molar-refractivity contribution in [1.82, 2.24) is 24.1 Å². The Kier molecular flexibility index (Phi) is 7.27. The second-order valence-electron chi connectivity index (χ2n) is 16.4. The summed E-state index contributed by atoms with van der Waals surface area (Å²) in [6, 6.07) is 69.6. The van der Waals surface area contributed by atoms with Gasteiger partial charge in [-0.05, 0) is 54.6 Å².